The predicted molar refractivity (Wildman–Crippen MR) is 97.0 cm³/mol. The number of nitrogens with one attached hydrogen (secondary N) is 2. The lowest BCUT2D eigenvalue weighted by Crippen LogP contribution is -2.52. The molecule has 0 spiro atoms. The zero-order chi connectivity index (χ0) is 16.8. The molecule has 8 heteroatoms. The van der Waals surface area contributed by atoms with Gasteiger partial charge in [-0.3, -0.25) is 9.59 Å². The van der Waals surface area contributed by atoms with Crippen LogP contribution in [-0.4, -0.2) is 49.4 Å². The van der Waals surface area contributed by atoms with Crippen LogP contribution in [0.2, 0.25) is 0 Å². The molecule has 0 bridgehead atoms. The number of likely N-dealkylation sites (tertiary alicyclic amines) is 1. The van der Waals surface area contributed by atoms with Gasteiger partial charge in [0.05, 0.1) is 4.47 Å². The highest BCUT2D eigenvalue weighted by Crippen LogP contribution is 2.22. The summed E-state index contributed by atoms with van der Waals surface area (Å²) in [7, 11) is 1.81. The van der Waals surface area contributed by atoms with Gasteiger partial charge in [0.15, 0.2) is 0 Å². The lowest BCUT2D eigenvalue weighted by Gasteiger charge is -2.34. The standard InChI is InChI=1S/C16H21BrFN3O2.ClH/c1-19-7-8-20-15(22)14-4-2-3-9-21(14)16(23)11-5-6-12(17)13(18)10-11;/h5-6,10,14,19H,2-4,7-9H2,1H3,(H,20,22);1H. The van der Waals surface area contributed by atoms with Crippen molar-refractivity contribution in [3.05, 3.63) is 34.1 Å². The second kappa shape index (κ2) is 9.96. The Kier molecular flexibility index (Phi) is 8.66. The van der Waals surface area contributed by atoms with Crippen molar-refractivity contribution in [3.63, 3.8) is 0 Å². The first-order valence-electron chi connectivity index (χ1n) is 7.73. The maximum atomic E-state index is 13.7. The molecule has 0 aliphatic carbocycles. The van der Waals surface area contributed by atoms with E-state index in [9.17, 15) is 14.0 Å². The molecule has 24 heavy (non-hydrogen) atoms. The third-order valence-corrected chi connectivity index (χ3v) is 4.55. The van der Waals surface area contributed by atoms with Gasteiger partial charge in [-0.2, -0.15) is 0 Å². The second-order valence-corrected chi connectivity index (χ2v) is 6.39. The average Bonchev–Trinajstić information content (AvgIpc) is 2.57. The molecule has 1 aliphatic rings. The van der Waals surface area contributed by atoms with Crippen LogP contribution >= 0.6 is 28.3 Å². The average molecular weight is 423 g/mol. The molecule has 1 fully saturated rings. The van der Waals surface area contributed by atoms with Gasteiger partial charge in [-0.15, -0.1) is 12.4 Å². The fraction of sp³-hybridized carbons (Fsp3) is 0.500. The van der Waals surface area contributed by atoms with Crippen LogP contribution < -0.4 is 10.6 Å². The minimum absolute atomic E-state index is 0. The molecule has 0 saturated carbocycles. The molecule has 1 atom stereocenters. The van der Waals surface area contributed by atoms with E-state index in [0.29, 0.717) is 30.5 Å². The molecule has 1 heterocycles. The van der Waals surface area contributed by atoms with Crippen LogP contribution in [0.4, 0.5) is 4.39 Å². The predicted octanol–water partition coefficient (Wildman–Crippen LogP) is 2.34. The first kappa shape index (κ1) is 20.9. The summed E-state index contributed by atoms with van der Waals surface area (Å²) < 4.78 is 14.0. The van der Waals surface area contributed by atoms with Crippen molar-refractivity contribution < 1.29 is 14.0 Å². The first-order valence-corrected chi connectivity index (χ1v) is 8.52. The Hall–Kier alpha value is -1.18. The molecule has 0 aromatic heterocycles. The van der Waals surface area contributed by atoms with Gasteiger partial charge in [-0.05, 0) is 60.4 Å². The van der Waals surface area contributed by atoms with Crippen LogP contribution in [0.5, 0.6) is 0 Å². The molecule has 1 aromatic carbocycles. The third kappa shape index (κ3) is 5.16. The third-order valence-electron chi connectivity index (χ3n) is 3.91. The normalized spacial score (nSPS) is 17.1. The van der Waals surface area contributed by atoms with Gasteiger partial charge < -0.3 is 15.5 Å². The number of piperidine rings is 1. The number of carbonyl (C=O) groups is 2. The first-order chi connectivity index (χ1) is 11.0. The van der Waals surface area contributed by atoms with Gasteiger partial charge in [-0.25, -0.2) is 4.39 Å². The number of carbonyl (C=O) groups excluding carboxylic acids is 2. The second-order valence-electron chi connectivity index (χ2n) is 5.53. The summed E-state index contributed by atoms with van der Waals surface area (Å²) in [4.78, 5) is 26.5. The molecule has 2 amide bonds. The number of benzene rings is 1. The van der Waals surface area contributed by atoms with Crippen molar-refractivity contribution in [1.29, 1.82) is 0 Å². The topological polar surface area (TPSA) is 61.4 Å². The van der Waals surface area contributed by atoms with Crippen LogP contribution in [0.3, 0.4) is 0 Å². The Labute approximate surface area is 155 Å². The maximum absolute atomic E-state index is 13.7. The van der Waals surface area contributed by atoms with Crippen LogP contribution in [0, 0.1) is 5.82 Å². The van der Waals surface area contributed by atoms with Gasteiger partial charge in [-0.1, -0.05) is 0 Å². The molecule has 1 aliphatic heterocycles. The fourth-order valence-corrected chi connectivity index (χ4v) is 2.92. The molecule has 134 valence electrons. The summed E-state index contributed by atoms with van der Waals surface area (Å²) in [6.45, 7) is 1.70. The zero-order valence-corrected chi connectivity index (χ0v) is 15.9. The monoisotopic (exact) mass is 421 g/mol. The minimum atomic E-state index is -0.486. The van der Waals surface area contributed by atoms with E-state index in [1.165, 1.54) is 12.1 Å². The Balaban J connectivity index is 0.00000288. The van der Waals surface area contributed by atoms with Crippen LogP contribution in [0.15, 0.2) is 22.7 Å². The van der Waals surface area contributed by atoms with E-state index in [1.807, 2.05) is 7.05 Å². The van der Waals surface area contributed by atoms with Crippen LogP contribution in [0.1, 0.15) is 29.6 Å². The Morgan fingerprint density at radius 3 is 2.75 bits per heavy atom. The van der Waals surface area contributed by atoms with E-state index in [0.717, 1.165) is 12.8 Å². The highest BCUT2D eigenvalue weighted by atomic mass is 79.9. The van der Waals surface area contributed by atoms with E-state index in [-0.39, 0.29) is 29.8 Å². The molecule has 1 aromatic rings. The van der Waals surface area contributed by atoms with Gasteiger partial charge in [0.25, 0.3) is 5.91 Å². The van der Waals surface area contributed by atoms with Gasteiger partial charge in [0.1, 0.15) is 11.9 Å². The van der Waals surface area contributed by atoms with Crippen molar-refractivity contribution in [2.24, 2.45) is 0 Å². The number of likely N-dealkylation sites (N-methyl/N-ethyl adjacent to an activating group) is 1. The Morgan fingerprint density at radius 2 is 2.08 bits per heavy atom. The highest BCUT2D eigenvalue weighted by molar-refractivity contribution is 9.10. The summed E-state index contributed by atoms with van der Waals surface area (Å²) in [5, 5.41) is 5.79. The Bertz CT molecular complexity index is 588. The lowest BCUT2D eigenvalue weighted by atomic mass is 10.00. The Morgan fingerprint density at radius 1 is 1.33 bits per heavy atom. The van der Waals surface area contributed by atoms with E-state index in [4.69, 9.17) is 0 Å². The number of amides is 2. The zero-order valence-electron chi connectivity index (χ0n) is 13.5. The number of nitrogens with zero attached hydrogens (tertiary/aromatic N) is 1. The summed E-state index contributed by atoms with van der Waals surface area (Å²) >= 11 is 3.07. The molecule has 1 unspecified atom stereocenters. The van der Waals surface area contributed by atoms with Gasteiger partial charge in [0.2, 0.25) is 5.91 Å². The van der Waals surface area contributed by atoms with Crippen molar-refractivity contribution >= 4 is 40.2 Å². The van der Waals surface area contributed by atoms with Crippen molar-refractivity contribution in [3.8, 4) is 0 Å². The molecule has 2 N–H and O–H groups in total. The molecule has 5 nitrogen and oxygen atoms in total. The summed E-state index contributed by atoms with van der Waals surface area (Å²) in [6, 6.07) is 3.80. The molecule has 1 saturated heterocycles. The lowest BCUT2D eigenvalue weighted by molar-refractivity contribution is -0.126. The van der Waals surface area contributed by atoms with E-state index >= 15 is 0 Å². The maximum Gasteiger partial charge on any atom is 0.254 e. The summed E-state index contributed by atoms with van der Waals surface area (Å²) in [6.07, 6.45) is 2.39. The largest absolute Gasteiger partial charge is 0.353 e. The van der Waals surface area contributed by atoms with Crippen molar-refractivity contribution in [2.45, 2.75) is 25.3 Å². The molecule has 0 radical (unpaired) electrons. The fourth-order valence-electron chi connectivity index (χ4n) is 2.67. The van der Waals surface area contributed by atoms with Crippen LogP contribution in [-0.2, 0) is 4.79 Å². The summed E-state index contributed by atoms with van der Waals surface area (Å²) in [5.41, 5.74) is 0.264. The quantitative estimate of drug-likeness (QED) is 0.716. The smallest absolute Gasteiger partial charge is 0.254 e. The van der Waals surface area contributed by atoms with Crippen molar-refractivity contribution in [2.75, 3.05) is 26.7 Å². The van der Waals surface area contributed by atoms with E-state index in [1.54, 1.807) is 11.0 Å². The number of rotatable bonds is 5. The highest BCUT2D eigenvalue weighted by Gasteiger charge is 2.32. The van der Waals surface area contributed by atoms with Gasteiger partial charge >= 0.3 is 0 Å². The molecular weight excluding hydrogens is 401 g/mol. The van der Waals surface area contributed by atoms with Gasteiger partial charge in [0, 0.05) is 25.2 Å². The SMILES string of the molecule is CNCCNC(=O)C1CCCCN1C(=O)c1ccc(Br)c(F)c1.Cl. The number of halogens is 3. The number of hydrogen-bond donors (Lipinski definition) is 2. The molecular formula is C16H22BrClFN3O2. The number of hydrogen-bond acceptors (Lipinski definition) is 3. The summed E-state index contributed by atoms with van der Waals surface area (Å²) in [5.74, 6) is -0.932. The van der Waals surface area contributed by atoms with Crippen molar-refractivity contribution in [1.82, 2.24) is 15.5 Å². The molecule has 2 rings (SSSR count). The van der Waals surface area contributed by atoms with E-state index in [2.05, 4.69) is 26.6 Å². The van der Waals surface area contributed by atoms with E-state index < -0.39 is 11.9 Å². The minimum Gasteiger partial charge on any atom is -0.353 e. The van der Waals surface area contributed by atoms with Crippen LogP contribution in [0.25, 0.3) is 0 Å².